The molecule has 0 atom stereocenters. The lowest BCUT2D eigenvalue weighted by atomic mass is 9.72. The minimum atomic E-state index is -0.226. The lowest BCUT2D eigenvalue weighted by Crippen LogP contribution is -2.19. The van der Waals surface area contributed by atoms with Crippen molar-refractivity contribution in [1.29, 1.82) is 0 Å². The molecule has 0 bridgehead atoms. The maximum Gasteiger partial charge on any atom is 0.331 e. The molecule has 2 aliphatic carbocycles. The van der Waals surface area contributed by atoms with E-state index in [1.54, 1.807) is 6.08 Å². The van der Waals surface area contributed by atoms with Gasteiger partial charge in [0.25, 0.3) is 0 Å². The van der Waals surface area contributed by atoms with E-state index >= 15 is 0 Å². The van der Waals surface area contributed by atoms with Crippen molar-refractivity contribution >= 4 is 5.97 Å². The van der Waals surface area contributed by atoms with Crippen molar-refractivity contribution < 1.29 is 9.53 Å². The Bertz CT molecular complexity index is 722. The quantitative estimate of drug-likeness (QED) is 0.230. The Kier molecular flexibility index (Phi) is 9.88. The van der Waals surface area contributed by atoms with Crippen LogP contribution in [0.2, 0.25) is 0 Å². The molecule has 2 rings (SSSR count). The molecule has 0 aromatic rings. The van der Waals surface area contributed by atoms with Crippen LogP contribution in [0.15, 0.2) is 58.7 Å². The van der Waals surface area contributed by atoms with E-state index < -0.39 is 0 Å². The molecule has 0 amide bonds. The fraction of sp³-hybridized carbons (Fsp3) is 0.607. The van der Waals surface area contributed by atoms with E-state index in [1.165, 1.54) is 68.1 Å². The molecule has 2 nitrogen and oxygen atoms in total. The van der Waals surface area contributed by atoms with E-state index in [0.717, 1.165) is 17.9 Å². The highest BCUT2D eigenvalue weighted by Gasteiger charge is 2.26. The van der Waals surface area contributed by atoms with Gasteiger partial charge in [0.2, 0.25) is 0 Å². The highest BCUT2D eigenvalue weighted by molar-refractivity contribution is 5.83. The normalized spacial score (nSPS) is 21.6. The first-order chi connectivity index (χ1) is 14.3. The van der Waals surface area contributed by atoms with Crippen LogP contribution in [0.4, 0.5) is 0 Å². The van der Waals surface area contributed by atoms with E-state index in [2.05, 4.69) is 45.9 Å². The molecule has 0 unspecified atom stereocenters. The van der Waals surface area contributed by atoms with E-state index in [-0.39, 0.29) is 11.4 Å². The summed E-state index contributed by atoms with van der Waals surface area (Å²) in [6.45, 7) is 11.6. The largest absolute Gasteiger partial charge is 0.463 e. The van der Waals surface area contributed by atoms with Crippen LogP contribution in [0.5, 0.6) is 0 Å². The fourth-order valence-electron chi connectivity index (χ4n) is 4.71. The Labute approximate surface area is 184 Å². The maximum atomic E-state index is 12.0. The number of esters is 1. The lowest BCUT2D eigenvalue weighted by Gasteiger charge is -2.32. The van der Waals surface area contributed by atoms with Gasteiger partial charge in [0.15, 0.2) is 0 Å². The zero-order valence-electron chi connectivity index (χ0n) is 19.9. The molecule has 0 spiro atoms. The van der Waals surface area contributed by atoms with Crippen LogP contribution in [-0.2, 0) is 9.53 Å². The van der Waals surface area contributed by atoms with Crippen LogP contribution < -0.4 is 0 Å². The predicted octanol–water partition coefficient (Wildman–Crippen LogP) is 8.03. The summed E-state index contributed by atoms with van der Waals surface area (Å²) in [7, 11) is 0. The van der Waals surface area contributed by atoms with Crippen LogP contribution in [-0.4, -0.2) is 12.6 Å². The van der Waals surface area contributed by atoms with Crippen molar-refractivity contribution in [3.05, 3.63) is 58.7 Å². The highest BCUT2D eigenvalue weighted by atomic mass is 16.5. The summed E-state index contributed by atoms with van der Waals surface area (Å²) in [5.74, 6) is 0.520. The summed E-state index contributed by atoms with van der Waals surface area (Å²) < 4.78 is 5.40. The van der Waals surface area contributed by atoms with Crippen LogP contribution in [0, 0.1) is 11.3 Å². The van der Waals surface area contributed by atoms with Crippen molar-refractivity contribution in [2.45, 2.75) is 92.4 Å². The molecule has 0 heterocycles. The topological polar surface area (TPSA) is 26.3 Å². The summed E-state index contributed by atoms with van der Waals surface area (Å²) in [5.41, 5.74) is 5.39. The third kappa shape index (κ3) is 8.50. The van der Waals surface area contributed by atoms with E-state index in [0.29, 0.717) is 6.61 Å². The molecule has 166 valence electrons. The Hall–Kier alpha value is -1.83. The highest BCUT2D eigenvalue weighted by Crippen LogP contribution is 2.40. The standard InChI is InChI=1S/C28H42O2/c1-22(16-17-26-24(3)13-10-19-28(26,4)5)11-9-12-23(2)21-27(29)30-20-18-25-14-7-6-8-15-25/h9,11-12,16-17,21,25H,6-8,10,13-15,18-20H2,1-5H3/b12-9+,17-16+,22-11+,23-21+. The molecule has 1 saturated carbocycles. The van der Waals surface area contributed by atoms with E-state index in [9.17, 15) is 4.79 Å². The second kappa shape index (κ2) is 12.1. The van der Waals surface area contributed by atoms with Crippen LogP contribution in [0.3, 0.4) is 0 Å². The molecule has 0 aromatic carbocycles. The number of carbonyl (C=O) groups excluding carboxylic acids is 1. The molecule has 0 aromatic heterocycles. The average molecular weight is 411 g/mol. The predicted molar refractivity (Wildman–Crippen MR) is 128 cm³/mol. The Balaban J connectivity index is 1.80. The van der Waals surface area contributed by atoms with Gasteiger partial charge in [-0.2, -0.15) is 0 Å². The first-order valence-corrected chi connectivity index (χ1v) is 11.9. The maximum absolute atomic E-state index is 12.0. The number of hydrogen-bond acceptors (Lipinski definition) is 2. The van der Waals surface area contributed by atoms with Gasteiger partial charge in [-0.25, -0.2) is 4.79 Å². The number of ether oxygens (including phenoxy) is 1. The first kappa shape index (κ1) is 24.4. The zero-order valence-corrected chi connectivity index (χ0v) is 19.9. The summed E-state index contributed by atoms with van der Waals surface area (Å²) in [4.78, 5) is 12.0. The van der Waals surface area contributed by atoms with Gasteiger partial charge < -0.3 is 4.74 Å². The molecular formula is C28H42O2. The van der Waals surface area contributed by atoms with Crippen molar-refractivity contribution in [2.24, 2.45) is 11.3 Å². The number of hydrogen-bond donors (Lipinski definition) is 0. The van der Waals surface area contributed by atoms with Crippen molar-refractivity contribution in [1.82, 2.24) is 0 Å². The van der Waals surface area contributed by atoms with Gasteiger partial charge in [0.05, 0.1) is 6.61 Å². The molecule has 0 saturated heterocycles. The summed E-state index contributed by atoms with van der Waals surface area (Å²) in [6, 6.07) is 0. The summed E-state index contributed by atoms with van der Waals surface area (Å²) >= 11 is 0. The van der Waals surface area contributed by atoms with Gasteiger partial charge in [-0.15, -0.1) is 0 Å². The zero-order chi connectivity index (χ0) is 22.0. The van der Waals surface area contributed by atoms with Crippen molar-refractivity contribution in [2.75, 3.05) is 6.61 Å². The fourth-order valence-corrected chi connectivity index (χ4v) is 4.71. The van der Waals surface area contributed by atoms with Gasteiger partial charge in [-0.3, -0.25) is 0 Å². The van der Waals surface area contributed by atoms with Crippen LogP contribution in [0.25, 0.3) is 0 Å². The Morgan fingerprint density at radius 2 is 1.80 bits per heavy atom. The van der Waals surface area contributed by atoms with Gasteiger partial charge in [-0.05, 0) is 68.9 Å². The lowest BCUT2D eigenvalue weighted by molar-refractivity contribution is -0.138. The second-order valence-electron chi connectivity index (χ2n) is 9.88. The van der Waals surface area contributed by atoms with Gasteiger partial charge >= 0.3 is 5.97 Å². The number of allylic oxidation sites excluding steroid dienone is 9. The van der Waals surface area contributed by atoms with Crippen molar-refractivity contribution in [3.8, 4) is 0 Å². The minimum Gasteiger partial charge on any atom is -0.463 e. The number of carbonyl (C=O) groups is 1. The molecule has 0 radical (unpaired) electrons. The van der Waals surface area contributed by atoms with Gasteiger partial charge in [-0.1, -0.05) is 87.5 Å². The molecule has 1 fully saturated rings. The molecule has 0 N–H and O–H groups in total. The molecular weight excluding hydrogens is 368 g/mol. The SMILES string of the molecule is CC1=C(/C=C/C(C)=C/C=C/C(C)=C/C(=O)OCCC2CCCCC2)C(C)(C)CCC1. The van der Waals surface area contributed by atoms with Crippen molar-refractivity contribution in [3.63, 3.8) is 0 Å². The smallest absolute Gasteiger partial charge is 0.331 e. The Morgan fingerprint density at radius 1 is 1.07 bits per heavy atom. The van der Waals surface area contributed by atoms with Crippen LogP contribution in [0.1, 0.15) is 92.4 Å². The van der Waals surface area contributed by atoms with Gasteiger partial charge in [0.1, 0.15) is 0 Å². The molecule has 0 aliphatic heterocycles. The van der Waals surface area contributed by atoms with E-state index in [4.69, 9.17) is 4.74 Å². The average Bonchev–Trinajstić information content (AvgIpc) is 2.68. The third-order valence-electron chi connectivity index (χ3n) is 6.61. The van der Waals surface area contributed by atoms with Crippen LogP contribution >= 0.6 is 0 Å². The summed E-state index contributed by atoms with van der Waals surface area (Å²) in [6.07, 6.45) is 23.6. The van der Waals surface area contributed by atoms with E-state index in [1.807, 2.05) is 19.1 Å². The van der Waals surface area contributed by atoms with Gasteiger partial charge in [0, 0.05) is 6.08 Å². The minimum absolute atomic E-state index is 0.226. The Morgan fingerprint density at radius 3 is 2.50 bits per heavy atom. The monoisotopic (exact) mass is 410 g/mol. The molecule has 2 heteroatoms. The second-order valence-corrected chi connectivity index (χ2v) is 9.88. The number of rotatable bonds is 8. The third-order valence-corrected chi connectivity index (χ3v) is 6.61. The first-order valence-electron chi connectivity index (χ1n) is 11.9. The molecule has 2 aliphatic rings. The molecule has 30 heavy (non-hydrogen) atoms. The summed E-state index contributed by atoms with van der Waals surface area (Å²) in [5, 5.41) is 0.